The van der Waals surface area contributed by atoms with E-state index in [1.807, 2.05) is 6.07 Å². The third kappa shape index (κ3) is 1.66. The van der Waals surface area contributed by atoms with Crippen LogP contribution in [0.3, 0.4) is 0 Å². The summed E-state index contributed by atoms with van der Waals surface area (Å²) in [5.41, 5.74) is 1.11. The summed E-state index contributed by atoms with van der Waals surface area (Å²) in [4.78, 5) is 21.6. The fourth-order valence-electron chi connectivity index (χ4n) is 1.20. The van der Waals surface area contributed by atoms with Gasteiger partial charge in [0.25, 0.3) is 5.24 Å². The number of carbonyl (C=O) groups is 2. The summed E-state index contributed by atoms with van der Waals surface area (Å²) < 4.78 is 0. The van der Waals surface area contributed by atoms with Crippen molar-refractivity contribution in [3.05, 3.63) is 34.4 Å². The lowest BCUT2D eigenvalue weighted by Gasteiger charge is -2.04. The summed E-state index contributed by atoms with van der Waals surface area (Å²) in [6, 6.07) is 4.75. The Hall–Kier alpha value is -1.66. The zero-order chi connectivity index (χ0) is 10.7. The lowest BCUT2D eigenvalue weighted by atomic mass is 9.99. The molecule has 0 unspecified atom stereocenters. The first kappa shape index (κ1) is 10.4. The van der Waals surface area contributed by atoms with Gasteiger partial charge in [-0.05, 0) is 30.2 Å². The number of halogens is 1. The van der Waals surface area contributed by atoms with E-state index in [4.69, 9.17) is 16.9 Å². The van der Waals surface area contributed by atoms with Gasteiger partial charge in [0.1, 0.15) is 6.29 Å². The molecule has 0 saturated heterocycles. The van der Waals surface area contributed by atoms with Crippen LogP contribution in [0.2, 0.25) is 0 Å². The molecule has 0 saturated carbocycles. The number of nitrogens with zero attached hydrogens (tertiary/aromatic N) is 1. The van der Waals surface area contributed by atoms with Crippen molar-refractivity contribution in [1.29, 1.82) is 5.26 Å². The van der Waals surface area contributed by atoms with Crippen LogP contribution in [0.4, 0.5) is 0 Å². The van der Waals surface area contributed by atoms with E-state index in [0.29, 0.717) is 17.4 Å². The van der Waals surface area contributed by atoms with Crippen molar-refractivity contribution in [2.75, 3.05) is 0 Å². The van der Waals surface area contributed by atoms with Gasteiger partial charge in [-0.1, -0.05) is 6.07 Å². The summed E-state index contributed by atoms with van der Waals surface area (Å²) in [6.07, 6.45) is 0.625. The first-order valence-corrected chi connectivity index (χ1v) is 4.18. The fraction of sp³-hybridized carbons (Fsp3) is 0.100. The lowest BCUT2D eigenvalue weighted by molar-refractivity contribution is 0.108. The monoisotopic (exact) mass is 207 g/mol. The Balaban J connectivity index is 3.56. The number of carbonyl (C=O) groups excluding carboxylic acids is 2. The number of hydrogen-bond donors (Lipinski definition) is 0. The van der Waals surface area contributed by atoms with Crippen molar-refractivity contribution in [2.24, 2.45) is 0 Å². The summed E-state index contributed by atoms with van der Waals surface area (Å²) in [7, 11) is 0. The van der Waals surface area contributed by atoms with Gasteiger partial charge in [-0.25, -0.2) is 0 Å². The predicted octanol–water partition coefficient (Wildman–Crippen LogP) is 2.06. The maximum absolute atomic E-state index is 11.0. The molecule has 1 aromatic carbocycles. The molecule has 1 rings (SSSR count). The zero-order valence-corrected chi connectivity index (χ0v) is 8.13. The minimum absolute atomic E-state index is 0.110. The maximum atomic E-state index is 11.0. The van der Waals surface area contributed by atoms with Gasteiger partial charge >= 0.3 is 0 Å². The molecule has 0 aromatic heterocycles. The Morgan fingerprint density at radius 1 is 1.57 bits per heavy atom. The van der Waals surface area contributed by atoms with Gasteiger partial charge in [-0.2, -0.15) is 5.26 Å². The third-order valence-electron chi connectivity index (χ3n) is 1.95. The minimum atomic E-state index is -0.720. The van der Waals surface area contributed by atoms with E-state index < -0.39 is 5.24 Å². The molecule has 0 bridgehead atoms. The largest absolute Gasteiger partial charge is 0.298 e. The van der Waals surface area contributed by atoms with Crippen molar-refractivity contribution in [3.63, 3.8) is 0 Å². The number of hydrogen-bond acceptors (Lipinski definition) is 3. The van der Waals surface area contributed by atoms with Gasteiger partial charge in [0.05, 0.1) is 17.2 Å². The smallest absolute Gasteiger partial charge is 0.254 e. The molecule has 0 spiro atoms. The van der Waals surface area contributed by atoms with Gasteiger partial charge in [-0.3, -0.25) is 9.59 Å². The van der Waals surface area contributed by atoms with Crippen LogP contribution in [-0.2, 0) is 0 Å². The van der Waals surface area contributed by atoms with Gasteiger partial charge in [0.2, 0.25) is 0 Å². The SMILES string of the molecule is Cc1c(C=O)ccc(C#N)c1C(=O)Cl. The molecule has 0 aliphatic carbocycles. The van der Waals surface area contributed by atoms with Gasteiger partial charge < -0.3 is 0 Å². The Labute approximate surface area is 85.9 Å². The van der Waals surface area contributed by atoms with Crippen LogP contribution in [0.15, 0.2) is 12.1 Å². The van der Waals surface area contributed by atoms with Crippen molar-refractivity contribution in [1.82, 2.24) is 0 Å². The van der Waals surface area contributed by atoms with Crippen LogP contribution in [-0.4, -0.2) is 11.5 Å². The van der Waals surface area contributed by atoms with E-state index >= 15 is 0 Å². The third-order valence-corrected chi connectivity index (χ3v) is 2.14. The molecule has 1 aromatic rings. The lowest BCUT2D eigenvalue weighted by Crippen LogP contribution is -2.01. The molecule has 3 nitrogen and oxygen atoms in total. The van der Waals surface area contributed by atoms with Gasteiger partial charge in [0, 0.05) is 5.56 Å². The summed E-state index contributed by atoms with van der Waals surface area (Å²) in [6.45, 7) is 1.58. The van der Waals surface area contributed by atoms with Crippen LogP contribution in [0, 0.1) is 18.3 Å². The number of rotatable bonds is 2. The van der Waals surface area contributed by atoms with Crippen LogP contribution >= 0.6 is 11.6 Å². The summed E-state index contributed by atoms with van der Waals surface area (Å²) in [5, 5.41) is 7.99. The molecule has 70 valence electrons. The second-order valence-corrected chi connectivity index (χ2v) is 3.05. The molecule has 0 aliphatic heterocycles. The van der Waals surface area contributed by atoms with E-state index in [1.165, 1.54) is 12.1 Å². The van der Waals surface area contributed by atoms with Crippen LogP contribution in [0.25, 0.3) is 0 Å². The standard InChI is InChI=1S/C10H6ClNO2/c1-6-8(5-13)3-2-7(4-12)9(6)10(11)14/h2-3,5H,1H3. The minimum Gasteiger partial charge on any atom is -0.298 e. The molecule has 0 aliphatic rings. The van der Waals surface area contributed by atoms with E-state index in [9.17, 15) is 9.59 Å². The molecule has 0 atom stereocenters. The molecular formula is C10H6ClNO2. The molecule has 0 fully saturated rings. The molecule has 0 heterocycles. The zero-order valence-electron chi connectivity index (χ0n) is 7.37. The number of aldehydes is 1. The van der Waals surface area contributed by atoms with E-state index in [0.717, 1.165) is 0 Å². The second kappa shape index (κ2) is 4.03. The summed E-state index contributed by atoms with van der Waals surface area (Å²) in [5.74, 6) is 0. The highest BCUT2D eigenvalue weighted by Crippen LogP contribution is 2.19. The molecule has 0 amide bonds. The van der Waals surface area contributed by atoms with Crippen molar-refractivity contribution in [2.45, 2.75) is 6.92 Å². The highest BCUT2D eigenvalue weighted by atomic mass is 35.5. The summed E-state index contributed by atoms with van der Waals surface area (Å²) >= 11 is 5.32. The molecule has 4 heteroatoms. The van der Waals surface area contributed by atoms with Crippen molar-refractivity contribution >= 4 is 23.1 Å². The Bertz CT molecular complexity index is 446. The fourth-order valence-corrected chi connectivity index (χ4v) is 1.45. The number of benzene rings is 1. The first-order chi connectivity index (χ1) is 6.61. The predicted molar refractivity (Wildman–Crippen MR) is 51.5 cm³/mol. The normalized spacial score (nSPS) is 9.21. The Morgan fingerprint density at radius 3 is 2.64 bits per heavy atom. The van der Waals surface area contributed by atoms with E-state index in [2.05, 4.69) is 0 Å². The van der Waals surface area contributed by atoms with Crippen LogP contribution < -0.4 is 0 Å². The van der Waals surface area contributed by atoms with Crippen molar-refractivity contribution < 1.29 is 9.59 Å². The highest BCUT2D eigenvalue weighted by Gasteiger charge is 2.14. The molecule has 0 radical (unpaired) electrons. The Kier molecular flexibility index (Phi) is 3.00. The van der Waals surface area contributed by atoms with Crippen LogP contribution in [0.5, 0.6) is 0 Å². The van der Waals surface area contributed by atoms with Gasteiger partial charge in [-0.15, -0.1) is 0 Å². The number of nitriles is 1. The maximum Gasteiger partial charge on any atom is 0.254 e. The van der Waals surface area contributed by atoms with E-state index in [1.54, 1.807) is 6.92 Å². The van der Waals surface area contributed by atoms with Gasteiger partial charge in [0.15, 0.2) is 0 Å². The van der Waals surface area contributed by atoms with Crippen LogP contribution in [0.1, 0.15) is 31.8 Å². The van der Waals surface area contributed by atoms with E-state index in [-0.39, 0.29) is 11.1 Å². The van der Waals surface area contributed by atoms with Crippen molar-refractivity contribution in [3.8, 4) is 6.07 Å². The highest BCUT2D eigenvalue weighted by molar-refractivity contribution is 6.68. The topological polar surface area (TPSA) is 57.9 Å². The second-order valence-electron chi connectivity index (χ2n) is 2.71. The average molecular weight is 208 g/mol. The first-order valence-electron chi connectivity index (χ1n) is 3.80. The average Bonchev–Trinajstić information content (AvgIpc) is 2.16. The molecular weight excluding hydrogens is 202 g/mol. The quantitative estimate of drug-likeness (QED) is 0.551. The molecule has 0 N–H and O–H groups in total. The molecule has 14 heavy (non-hydrogen) atoms. The Morgan fingerprint density at radius 2 is 2.21 bits per heavy atom.